The van der Waals surface area contributed by atoms with Gasteiger partial charge in [0.2, 0.25) is 0 Å². The van der Waals surface area contributed by atoms with Crippen molar-refractivity contribution < 1.29 is 9.47 Å². The molecule has 1 aliphatic rings. The van der Waals surface area contributed by atoms with Gasteiger partial charge in [0, 0.05) is 19.9 Å². The van der Waals surface area contributed by atoms with Crippen molar-refractivity contribution in [2.45, 2.75) is 39.1 Å². The van der Waals surface area contributed by atoms with Crippen molar-refractivity contribution >= 4 is 15.9 Å². The molecule has 22 heavy (non-hydrogen) atoms. The number of hydrogen-bond acceptors (Lipinski definition) is 5. The van der Waals surface area contributed by atoms with Crippen LogP contribution in [-0.4, -0.2) is 32.6 Å². The Balaban J connectivity index is 1.79. The Morgan fingerprint density at radius 2 is 2.27 bits per heavy atom. The Hall–Kier alpha value is -1.31. The van der Waals surface area contributed by atoms with E-state index in [-0.39, 0.29) is 6.29 Å². The average Bonchev–Trinajstić information content (AvgIpc) is 2.90. The van der Waals surface area contributed by atoms with Crippen LogP contribution in [0.1, 0.15) is 30.7 Å². The molecule has 2 aromatic rings. The van der Waals surface area contributed by atoms with Crippen LogP contribution < -0.4 is 0 Å². The minimum Gasteiger partial charge on any atom is -0.353 e. The van der Waals surface area contributed by atoms with Crippen molar-refractivity contribution in [1.29, 1.82) is 0 Å². The topological polar surface area (TPSA) is 62.1 Å². The van der Waals surface area contributed by atoms with Crippen LogP contribution >= 0.6 is 15.9 Å². The molecular formula is C15H19BrN4O2. The lowest BCUT2D eigenvalue weighted by Gasteiger charge is -2.22. The van der Waals surface area contributed by atoms with E-state index in [2.05, 4.69) is 31.0 Å². The summed E-state index contributed by atoms with van der Waals surface area (Å²) in [4.78, 5) is 8.89. The Kier molecular flexibility index (Phi) is 4.85. The second-order valence-corrected chi connectivity index (χ2v) is 6.22. The van der Waals surface area contributed by atoms with Crippen LogP contribution in [-0.2, 0) is 23.1 Å². The van der Waals surface area contributed by atoms with Gasteiger partial charge in [-0.25, -0.2) is 9.97 Å². The largest absolute Gasteiger partial charge is 0.353 e. The van der Waals surface area contributed by atoms with E-state index in [1.807, 2.05) is 14.0 Å². The fourth-order valence-electron chi connectivity index (χ4n) is 2.42. The average molecular weight is 367 g/mol. The quantitative estimate of drug-likeness (QED) is 0.832. The van der Waals surface area contributed by atoms with Crippen molar-refractivity contribution in [3.63, 3.8) is 0 Å². The number of rotatable bonds is 4. The Bertz CT molecular complexity index is 653. The van der Waals surface area contributed by atoms with Gasteiger partial charge in [-0.15, -0.1) is 0 Å². The van der Waals surface area contributed by atoms with Crippen molar-refractivity contribution in [1.82, 2.24) is 19.7 Å². The number of halogens is 1. The summed E-state index contributed by atoms with van der Waals surface area (Å²) < 4.78 is 14.2. The number of hydrogen-bond donors (Lipinski definition) is 0. The van der Waals surface area contributed by atoms with Gasteiger partial charge in [0.1, 0.15) is 0 Å². The molecule has 0 amide bonds. The van der Waals surface area contributed by atoms with Crippen molar-refractivity contribution in [2.24, 2.45) is 7.05 Å². The van der Waals surface area contributed by atoms with Crippen LogP contribution in [0.2, 0.25) is 0 Å². The third-order valence-electron chi connectivity index (χ3n) is 3.77. The molecule has 1 unspecified atom stereocenters. The van der Waals surface area contributed by atoms with Crippen LogP contribution in [0.15, 0.2) is 16.9 Å². The molecule has 7 heteroatoms. The number of aromatic nitrogens is 4. The highest BCUT2D eigenvalue weighted by atomic mass is 79.9. The Labute approximate surface area is 138 Å². The Morgan fingerprint density at radius 1 is 1.41 bits per heavy atom. The predicted octanol–water partition coefficient (Wildman–Crippen LogP) is 2.99. The summed E-state index contributed by atoms with van der Waals surface area (Å²) in [5.74, 6) is 0.664. The van der Waals surface area contributed by atoms with Crippen LogP contribution in [0.3, 0.4) is 0 Å². The smallest absolute Gasteiger partial charge is 0.163 e. The molecule has 6 nitrogen and oxygen atoms in total. The van der Waals surface area contributed by atoms with Gasteiger partial charge in [0.15, 0.2) is 12.1 Å². The first-order chi connectivity index (χ1) is 10.6. The predicted molar refractivity (Wildman–Crippen MR) is 85.1 cm³/mol. The van der Waals surface area contributed by atoms with Gasteiger partial charge in [0.05, 0.1) is 34.2 Å². The minimum atomic E-state index is -0.121. The first-order valence-corrected chi connectivity index (χ1v) is 8.18. The first kappa shape index (κ1) is 15.6. The molecule has 3 rings (SSSR count). The molecule has 118 valence electrons. The molecule has 1 fully saturated rings. The molecule has 0 N–H and O–H groups in total. The normalized spacial score (nSPS) is 18.6. The fraction of sp³-hybridized carbons (Fsp3) is 0.533. The van der Waals surface area contributed by atoms with E-state index < -0.39 is 0 Å². The van der Waals surface area contributed by atoms with Gasteiger partial charge >= 0.3 is 0 Å². The molecule has 1 aliphatic heterocycles. The molecular weight excluding hydrogens is 348 g/mol. The molecule has 0 spiro atoms. The third kappa shape index (κ3) is 3.37. The third-order valence-corrected chi connectivity index (χ3v) is 4.54. The molecule has 2 aromatic heterocycles. The maximum absolute atomic E-state index is 5.88. The molecule has 0 aliphatic carbocycles. The summed E-state index contributed by atoms with van der Waals surface area (Å²) >= 11 is 3.42. The number of ether oxygens (including phenoxy) is 2. The van der Waals surface area contributed by atoms with E-state index in [9.17, 15) is 0 Å². The van der Waals surface area contributed by atoms with Crippen molar-refractivity contribution in [3.8, 4) is 11.4 Å². The lowest BCUT2D eigenvalue weighted by molar-refractivity contribution is -0.169. The maximum Gasteiger partial charge on any atom is 0.163 e. The van der Waals surface area contributed by atoms with Gasteiger partial charge in [-0.3, -0.25) is 4.68 Å². The maximum atomic E-state index is 5.88. The van der Waals surface area contributed by atoms with E-state index in [4.69, 9.17) is 9.47 Å². The van der Waals surface area contributed by atoms with Crippen LogP contribution in [0, 0.1) is 6.92 Å². The standard InChI is InChI=1S/C15H19BrN4O2/c1-10-12(16)8-17-15(19-10)11-7-18-20(2)13(11)9-22-14-5-3-4-6-21-14/h7-8,14H,3-6,9H2,1-2H3. The summed E-state index contributed by atoms with van der Waals surface area (Å²) in [5.41, 5.74) is 2.75. The molecule has 0 radical (unpaired) electrons. The second-order valence-electron chi connectivity index (χ2n) is 5.36. The van der Waals surface area contributed by atoms with Crippen LogP contribution in [0.4, 0.5) is 0 Å². The van der Waals surface area contributed by atoms with Crippen molar-refractivity contribution in [2.75, 3.05) is 6.61 Å². The fourth-order valence-corrected chi connectivity index (χ4v) is 2.61. The summed E-state index contributed by atoms with van der Waals surface area (Å²) in [6.45, 7) is 3.16. The highest BCUT2D eigenvalue weighted by Gasteiger charge is 2.18. The second kappa shape index (κ2) is 6.85. The number of aryl methyl sites for hydroxylation is 2. The SMILES string of the molecule is Cc1nc(-c2cnn(C)c2COC2CCCCO2)ncc1Br. The van der Waals surface area contributed by atoms with Gasteiger partial charge in [-0.1, -0.05) is 0 Å². The summed E-state index contributed by atoms with van der Waals surface area (Å²) in [7, 11) is 1.90. The molecule has 1 atom stereocenters. The summed E-state index contributed by atoms with van der Waals surface area (Å²) in [5, 5.41) is 4.31. The lowest BCUT2D eigenvalue weighted by Crippen LogP contribution is -2.22. The molecule has 0 bridgehead atoms. The van der Waals surface area contributed by atoms with E-state index in [0.717, 1.165) is 47.3 Å². The summed E-state index contributed by atoms with van der Waals surface area (Å²) in [6.07, 6.45) is 6.63. The van der Waals surface area contributed by atoms with Gasteiger partial charge < -0.3 is 9.47 Å². The zero-order chi connectivity index (χ0) is 15.5. The van der Waals surface area contributed by atoms with Gasteiger partial charge in [-0.2, -0.15) is 5.10 Å². The van der Waals surface area contributed by atoms with E-state index in [1.165, 1.54) is 0 Å². The number of nitrogens with zero attached hydrogens (tertiary/aromatic N) is 4. The zero-order valence-electron chi connectivity index (χ0n) is 12.8. The monoisotopic (exact) mass is 366 g/mol. The molecule has 3 heterocycles. The molecule has 0 saturated carbocycles. The highest BCUT2D eigenvalue weighted by Crippen LogP contribution is 2.24. The van der Waals surface area contributed by atoms with Gasteiger partial charge in [0.25, 0.3) is 0 Å². The van der Waals surface area contributed by atoms with E-state index in [0.29, 0.717) is 12.4 Å². The molecule has 0 aromatic carbocycles. The van der Waals surface area contributed by atoms with Crippen molar-refractivity contribution in [3.05, 3.63) is 28.3 Å². The first-order valence-electron chi connectivity index (χ1n) is 7.38. The van der Waals surface area contributed by atoms with Crippen LogP contribution in [0.25, 0.3) is 11.4 Å². The zero-order valence-corrected chi connectivity index (χ0v) is 14.3. The minimum absolute atomic E-state index is 0.121. The highest BCUT2D eigenvalue weighted by molar-refractivity contribution is 9.10. The van der Waals surface area contributed by atoms with Gasteiger partial charge in [-0.05, 0) is 42.1 Å². The summed E-state index contributed by atoms with van der Waals surface area (Å²) in [6, 6.07) is 0. The van der Waals surface area contributed by atoms with Crippen LogP contribution in [0.5, 0.6) is 0 Å². The Morgan fingerprint density at radius 3 is 3.00 bits per heavy atom. The van der Waals surface area contributed by atoms with E-state index >= 15 is 0 Å². The van der Waals surface area contributed by atoms with E-state index in [1.54, 1.807) is 17.1 Å². The lowest BCUT2D eigenvalue weighted by atomic mass is 10.2. The molecule has 1 saturated heterocycles.